The van der Waals surface area contributed by atoms with E-state index in [-0.39, 0.29) is 0 Å². The Labute approximate surface area is 99.3 Å². The number of aromatic nitrogens is 2. The lowest BCUT2D eigenvalue weighted by atomic mass is 10.0. The highest BCUT2D eigenvalue weighted by Crippen LogP contribution is 2.29. The molecule has 0 bridgehead atoms. The van der Waals surface area contributed by atoms with Gasteiger partial charge in [0.15, 0.2) is 0 Å². The van der Waals surface area contributed by atoms with Gasteiger partial charge in [-0.1, -0.05) is 29.8 Å². The molecule has 3 heteroatoms. The number of nitrogens with two attached hydrogens (primary N) is 1. The summed E-state index contributed by atoms with van der Waals surface area (Å²) in [4.78, 5) is 7.29. The molecule has 2 aromatic heterocycles. The van der Waals surface area contributed by atoms with Crippen molar-refractivity contribution in [1.82, 2.24) is 9.97 Å². The molecule has 0 radical (unpaired) electrons. The maximum absolute atomic E-state index is 5.73. The number of hydrogen-bond acceptors (Lipinski definition) is 2. The number of aryl methyl sites for hydroxylation is 1. The molecule has 0 aliphatic heterocycles. The average molecular weight is 223 g/mol. The van der Waals surface area contributed by atoms with Crippen LogP contribution in [0.2, 0.25) is 0 Å². The van der Waals surface area contributed by atoms with Gasteiger partial charge in [0.1, 0.15) is 5.82 Å². The molecular formula is C14H13N3. The van der Waals surface area contributed by atoms with Gasteiger partial charge in [-0.3, -0.25) is 0 Å². The van der Waals surface area contributed by atoms with Gasteiger partial charge in [-0.05, 0) is 18.6 Å². The number of nitrogens with one attached hydrogen (secondary N) is 1. The van der Waals surface area contributed by atoms with E-state index in [9.17, 15) is 0 Å². The van der Waals surface area contributed by atoms with Gasteiger partial charge < -0.3 is 10.7 Å². The first kappa shape index (κ1) is 9.90. The van der Waals surface area contributed by atoms with Crippen LogP contribution in [-0.4, -0.2) is 9.97 Å². The molecule has 0 atom stereocenters. The Hall–Kier alpha value is -2.29. The summed E-state index contributed by atoms with van der Waals surface area (Å²) < 4.78 is 0. The summed E-state index contributed by atoms with van der Waals surface area (Å²) in [5.41, 5.74) is 10.4. The van der Waals surface area contributed by atoms with E-state index in [1.807, 2.05) is 12.3 Å². The van der Waals surface area contributed by atoms with Gasteiger partial charge in [0.2, 0.25) is 0 Å². The molecule has 17 heavy (non-hydrogen) atoms. The van der Waals surface area contributed by atoms with Crippen LogP contribution < -0.4 is 5.73 Å². The van der Waals surface area contributed by atoms with E-state index in [2.05, 4.69) is 41.2 Å². The zero-order valence-electron chi connectivity index (χ0n) is 9.57. The third-order valence-electron chi connectivity index (χ3n) is 2.92. The van der Waals surface area contributed by atoms with E-state index in [1.54, 1.807) is 6.20 Å². The number of pyridine rings is 1. The molecule has 84 valence electrons. The van der Waals surface area contributed by atoms with E-state index in [0.717, 1.165) is 16.5 Å². The van der Waals surface area contributed by atoms with Gasteiger partial charge in [0.05, 0.1) is 11.7 Å². The monoisotopic (exact) mass is 223 g/mol. The maximum Gasteiger partial charge on any atom is 0.124 e. The largest absolute Gasteiger partial charge is 0.384 e. The van der Waals surface area contributed by atoms with Crippen LogP contribution in [0.3, 0.4) is 0 Å². The number of anilines is 1. The highest BCUT2D eigenvalue weighted by Gasteiger charge is 2.06. The van der Waals surface area contributed by atoms with Crippen LogP contribution in [0.4, 0.5) is 5.82 Å². The molecule has 0 saturated heterocycles. The highest BCUT2D eigenvalue weighted by molar-refractivity contribution is 5.96. The maximum atomic E-state index is 5.73. The number of hydrogen-bond donors (Lipinski definition) is 2. The lowest BCUT2D eigenvalue weighted by Gasteiger charge is -2.01. The van der Waals surface area contributed by atoms with Gasteiger partial charge in [-0.2, -0.15) is 0 Å². The van der Waals surface area contributed by atoms with Crippen LogP contribution in [0.15, 0.2) is 42.7 Å². The van der Waals surface area contributed by atoms with Crippen LogP contribution in [0.5, 0.6) is 0 Å². The SMILES string of the molecule is Cc1cccc(-c2c[nH]c3cnc(N)cc23)c1. The molecule has 0 spiro atoms. The molecule has 0 aliphatic rings. The van der Waals surface area contributed by atoms with Crippen LogP contribution in [-0.2, 0) is 0 Å². The molecule has 2 heterocycles. The number of benzene rings is 1. The van der Waals surface area contributed by atoms with Crippen LogP contribution in [0.1, 0.15) is 5.56 Å². The lowest BCUT2D eigenvalue weighted by molar-refractivity contribution is 1.34. The second-order valence-electron chi connectivity index (χ2n) is 4.23. The number of aromatic amines is 1. The topological polar surface area (TPSA) is 54.7 Å². The third kappa shape index (κ3) is 1.65. The van der Waals surface area contributed by atoms with E-state index >= 15 is 0 Å². The fraction of sp³-hybridized carbons (Fsp3) is 0.0714. The van der Waals surface area contributed by atoms with Crippen LogP contribution >= 0.6 is 0 Å². The minimum absolute atomic E-state index is 0.547. The first-order valence-electron chi connectivity index (χ1n) is 5.54. The van der Waals surface area contributed by atoms with E-state index in [4.69, 9.17) is 5.73 Å². The van der Waals surface area contributed by atoms with Crippen molar-refractivity contribution in [3.63, 3.8) is 0 Å². The number of nitrogen functional groups attached to an aromatic ring is 1. The molecule has 0 fully saturated rings. The number of fused-ring (bicyclic) bond motifs is 1. The lowest BCUT2D eigenvalue weighted by Crippen LogP contribution is -1.88. The Morgan fingerprint density at radius 2 is 2.12 bits per heavy atom. The Morgan fingerprint density at radius 1 is 1.24 bits per heavy atom. The molecule has 0 aliphatic carbocycles. The first-order chi connectivity index (χ1) is 8.24. The first-order valence-corrected chi connectivity index (χ1v) is 5.54. The number of nitrogens with zero attached hydrogens (tertiary/aromatic N) is 1. The van der Waals surface area contributed by atoms with Gasteiger partial charge in [0, 0.05) is 17.1 Å². The highest BCUT2D eigenvalue weighted by atomic mass is 14.8. The van der Waals surface area contributed by atoms with Crippen molar-refractivity contribution < 1.29 is 0 Å². The van der Waals surface area contributed by atoms with Crippen molar-refractivity contribution in [2.75, 3.05) is 5.73 Å². The minimum atomic E-state index is 0.547. The smallest absolute Gasteiger partial charge is 0.124 e. The average Bonchev–Trinajstić information content (AvgIpc) is 2.71. The summed E-state index contributed by atoms with van der Waals surface area (Å²) in [6.07, 6.45) is 3.77. The molecule has 0 saturated carbocycles. The third-order valence-corrected chi connectivity index (χ3v) is 2.92. The predicted molar refractivity (Wildman–Crippen MR) is 70.7 cm³/mol. The summed E-state index contributed by atoms with van der Waals surface area (Å²) in [5.74, 6) is 0.547. The zero-order valence-corrected chi connectivity index (χ0v) is 9.57. The molecule has 0 amide bonds. The molecular weight excluding hydrogens is 210 g/mol. The predicted octanol–water partition coefficient (Wildman–Crippen LogP) is 3.12. The van der Waals surface area contributed by atoms with Gasteiger partial charge >= 0.3 is 0 Å². The molecule has 3 N–H and O–H groups in total. The summed E-state index contributed by atoms with van der Waals surface area (Å²) in [6, 6.07) is 10.3. The number of H-pyrrole nitrogens is 1. The van der Waals surface area contributed by atoms with E-state index < -0.39 is 0 Å². The molecule has 1 aromatic carbocycles. The Balaban J connectivity index is 2.27. The summed E-state index contributed by atoms with van der Waals surface area (Å²) in [6.45, 7) is 2.09. The van der Waals surface area contributed by atoms with Crippen molar-refractivity contribution in [3.05, 3.63) is 48.3 Å². The van der Waals surface area contributed by atoms with Crippen molar-refractivity contribution in [2.24, 2.45) is 0 Å². The molecule has 0 unspecified atom stereocenters. The standard InChI is InChI=1S/C14H13N3/c1-9-3-2-4-10(5-9)12-7-16-13-8-17-14(15)6-11(12)13/h2-8,16H,1H3,(H2,15,17). The fourth-order valence-electron chi connectivity index (χ4n) is 2.09. The van der Waals surface area contributed by atoms with Crippen molar-refractivity contribution in [3.8, 4) is 11.1 Å². The van der Waals surface area contributed by atoms with Gasteiger partial charge in [-0.15, -0.1) is 0 Å². The van der Waals surface area contributed by atoms with Gasteiger partial charge in [0.25, 0.3) is 0 Å². The van der Waals surface area contributed by atoms with Crippen molar-refractivity contribution >= 4 is 16.7 Å². The minimum Gasteiger partial charge on any atom is -0.384 e. The Bertz CT molecular complexity index is 683. The van der Waals surface area contributed by atoms with Crippen LogP contribution in [0.25, 0.3) is 22.0 Å². The zero-order chi connectivity index (χ0) is 11.8. The second kappa shape index (κ2) is 3.63. The quantitative estimate of drug-likeness (QED) is 0.666. The van der Waals surface area contributed by atoms with Crippen LogP contribution in [0, 0.1) is 6.92 Å². The molecule has 3 nitrogen and oxygen atoms in total. The number of rotatable bonds is 1. The van der Waals surface area contributed by atoms with Crippen molar-refractivity contribution in [1.29, 1.82) is 0 Å². The summed E-state index contributed by atoms with van der Waals surface area (Å²) >= 11 is 0. The summed E-state index contributed by atoms with van der Waals surface area (Å²) in [5, 5.41) is 1.11. The second-order valence-corrected chi connectivity index (χ2v) is 4.23. The summed E-state index contributed by atoms with van der Waals surface area (Å²) in [7, 11) is 0. The van der Waals surface area contributed by atoms with Crippen molar-refractivity contribution in [2.45, 2.75) is 6.92 Å². The molecule has 3 aromatic rings. The fourth-order valence-corrected chi connectivity index (χ4v) is 2.09. The van der Waals surface area contributed by atoms with E-state index in [0.29, 0.717) is 5.82 Å². The van der Waals surface area contributed by atoms with Gasteiger partial charge in [-0.25, -0.2) is 4.98 Å². The Kier molecular flexibility index (Phi) is 2.11. The van der Waals surface area contributed by atoms with E-state index in [1.165, 1.54) is 11.1 Å². The molecule has 3 rings (SSSR count). The Morgan fingerprint density at radius 3 is 2.94 bits per heavy atom. The normalized spacial score (nSPS) is 10.9.